The largest absolute Gasteiger partial charge is 0.339 e. The maximum absolute atomic E-state index is 11.7. The maximum Gasteiger partial charge on any atom is 0.219 e. The lowest BCUT2D eigenvalue weighted by molar-refractivity contribution is -0.129. The third-order valence-corrected chi connectivity index (χ3v) is 5.02. The van der Waals surface area contributed by atoms with Crippen molar-refractivity contribution in [3.63, 3.8) is 0 Å². The average molecular weight is 309 g/mol. The van der Waals surface area contributed by atoms with Gasteiger partial charge in [-0.25, -0.2) is 0 Å². The molecule has 118 valence electrons. The first-order valence-corrected chi connectivity index (χ1v) is 7.60. The van der Waals surface area contributed by atoms with E-state index in [0.29, 0.717) is 13.1 Å². The Balaban J connectivity index is 2.65. The minimum absolute atomic E-state index is 0.0328. The van der Waals surface area contributed by atoms with Gasteiger partial charge in [0.05, 0.1) is 23.9 Å². The standard InChI is InChI=1S/C17H19N5O/c1-10(2)15-14-7-22(11(3)23)5-4-12(14)13(6-18)16(21)17(15,8-19)9-20/h4,10,13-15,21H,5,7H2,1-3H3/t13-,14+,15+/m0/s1. The Morgan fingerprint density at radius 1 is 1.39 bits per heavy atom. The molecule has 0 radical (unpaired) electrons. The predicted molar refractivity (Wildman–Crippen MR) is 82.6 cm³/mol. The molecule has 2 aliphatic rings. The van der Waals surface area contributed by atoms with Crippen LogP contribution in [0, 0.1) is 68.5 Å². The van der Waals surface area contributed by atoms with Crippen LogP contribution < -0.4 is 0 Å². The van der Waals surface area contributed by atoms with E-state index in [9.17, 15) is 20.6 Å². The second-order valence-electron chi connectivity index (χ2n) is 6.51. The molecule has 1 N–H and O–H groups in total. The van der Waals surface area contributed by atoms with Gasteiger partial charge in [-0.05, 0) is 11.5 Å². The topological polar surface area (TPSA) is 116 Å². The van der Waals surface area contributed by atoms with Crippen molar-refractivity contribution in [3.05, 3.63) is 11.6 Å². The Labute approximate surface area is 136 Å². The van der Waals surface area contributed by atoms with Crippen molar-refractivity contribution in [2.45, 2.75) is 20.8 Å². The van der Waals surface area contributed by atoms with Crippen LogP contribution >= 0.6 is 0 Å². The van der Waals surface area contributed by atoms with Crippen LogP contribution in [0.3, 0.4) is 0 Å². The fourth-order valence-electron chi connectivity index (χ4n) is 3.97. The fraction of sp³-hybridized carbons (Fsp3) is 0.588. The smallest absolute Gasteiger partial charge is 0.219 e. The second-order valence-corrected chi connectivity index (χ2v) is 6.51. The molecular formula is C17H19N5O. The van der Waals surface area contributed by atoms with Gasteiger partial charge in [-0.15, -0.1) is 0 Å². The summed E-state index contributed by atoms with van der Waals surface area (Å²) in [5.74, 6) is -1.62. The molecule has 1 heterocycles. The van der Waals surface area contributed by atoms with Gasteiger partial charge >= 0.3 is 0 Å². The van der Waals surface area contributed by atoms with Crippen LogP contribution in [0.1, 0.15) is 20.8 Å². The summed E-state index contributed by atoms with van der Waals surface area (Å²) in [4.78, 5) is 13.4. The summed E-state index contributed by atoms with van der Waals surface area (Å²) in [6.45, 7) is 6.11. The third-order valence-electron chi connectivity index (χ3n) is 5.02. The summed E-state index contributed by atoms with van der Waals surface area (Å²) >= 11 is 0. The molecule has 6 nitrogen and oxygen atoms in total. The van der Waals surface area contributed by atoms with Crippen molar-refractivity contribution >= 4 is 11.6 Å². The molecule has 1 aliphatic heterocycles. The van der Waals surface area contributed by atoms with Crippen molar-refractivity contribution in [1.82, 2.24) is 4.90 Å². The van der Waals surface area contributed by atoms with Crippen LogP contribution in [0.15, 0.2) is 11.6 Å². The highest BCUT2D eigenvalue weighted by atomic mass is 16.2. The van der Waals surface area contributed by atoms with Gasteiger partial charge in [0, 0.05) is 31.8 Å². The summed E-state index contributed by atoms with van der Waals surface area (Å²) in [6, 6.07) is 6.13. The molecule has 6 heteroatoms. The van der Waals surface area contributed by atoms with Gasteiger partial charge in [0.1, 0.15) is 5.92 Å². The first-order chi connectivity index (χ1) is 10.8. The fourth-order valence-corrected chi connectivity index (χ4v) is 3.97. The minimum Gasteiger partial charge on any atom is -0.339 e. The van der Waals surface area contributed by atoms with E-state index in [1.165, 1.54) is 6.92 Å². The van der Waals surface area contributed by atoms with Gasteiger partial charge in [0.2, 0.25) is 5.91 Å². The van der Waals surface area contributed by atoms with Crippen LogP contribution in [0.25, 0.3) is 0 Å². The molecule has 1 aliphatic carbocycles. The van der Waals surface area contributed by atoms with E-state index in [-0.39, 0.29) is 23.5 Å². The first-order valence-electron chi connectivity index (χ1n) is 7.60. The van der Waals surface area contributed by atoms with Gasteiger partial charge in [0.15, 0.2) is 5.41 Å². The molecule has 0 aromatic heterocycles. The van der Waals surface area contributed by atoms with Gasteiger partial charge in [-0.3, -0.25) is 4.79 Å². The van der Waals surface area contributed by atoms with E-state index >= 15 is 0 Å². The average Bonchev–Trinajstić information content (AvgIpc) is 2.53. The summed E-state index contributed by atoms with van der Waals surface area (Å²) in [5, 5.41) is 37.2. The third kappa shape index (κ3) is 2.30. The van der Waals surface area contributed by atoms with Crippen molar-refractivity contribution in [3.8, 4) is 18.2 Å². The van der Waals surface area contributed by atoms with E-state index in [1.807, 2.05) is 32.1 Å². The number of amides is 1. The quantitative estimate of drug-likeness (QED) is 0.744. The molecule has 1 saturated carbocycles. The molecule has 0 spiro atoms. The molecule has 0 aromatic carbocycles. The summed E-state index contributed by atoms with van der Waals surface area (Å²) in [6.07, 6.45) is 1.83. The molecule has 1 amide bonds. The number of carbonyl (C=O) groups excluding carboxylic acids is 1. The van der Waals surface area contributed by atoms with Gasteiger partial charge in [-0.1, -0.05) is 19.9 Å². The number of fused-ring (bicyclic) bond motifs is 1. The molecule has 0 aromatic rings. The Hall–Kier alpha value is -2.65. The summed E-state index contributed by atoms with van der Waals surface area (Å²) in [5.41, 5.74) is -0.951. The Bertz CT molecular complexity index is 686. The summed E-state index contributed by atoms with van der Waals surface area (Å²) < 4.78 is 0. The Morgan fingerprint density at radius 2 is 2.00 bits per heavy atom. The van der Waals surface area contributed by atoms with Crippen LogP contribution in [0.5, 0.6) is 0 Å². The number of nitrogens with one attached hydrogen (secondary N) is 1. The number of nitriles is 3. The molecule has 23 heavy (non-hydrogen) atoms. The van der Waals surface area contributed by atoms with E-state index in [0.717, 1.165) is 5.57 Å². The number of nitrogens with zero attached hydrogens (tertiary/aromatic N) is 4. The maximum atomic E-state index is 11.7. The van der Waals surface area contributed by atoms with Crippen molar-refractivity contribution in [1.29, 1.82) is 21.2 Å². The second kappa shape index (κ2) is 5.86. The monoisotopic (exact) mass is 309 g/mol. The highest BCUT2D eigenvalue weighted by Crippen LogP contribution is 2.51. The normalized spacial score (nSPS) is 28.9. The zero-order chi connectivity index (χ0) is 17.4. The number of carbonyl (C=O) groups is 1. The highest BCUT2D eigenvalue weighted by Gasteiger charge is 2.58. The van der Waals surface area contributed by atoms with Crippen molar-refractivity contribution < 1.29 is 4.79 Å². The minimum atomic E-state index is -1.61. The first kappa shape index (κ1) is 16.7. The van der Waals surface area contributed by atoms with Crippen LogP contribution in [0.2, 0.25) is 0 Å². The Morgan fingerprint density at radius 3 is 2.43 bits per heavy atom. The van der Waals surface area contributed by atoms with Gasteiger partial charge in [-0.2, -0.15) is 15.8 Å². The number of hydrogen-bond donors (Lipinski definition) is 1. The van der Waals surface area contributed by atoms with Crippen LogP contribution in [-0.4, -0.2) is 29.6 Å². The highest BCUT2D eigenvalue weighted by molar-refractivity contribution is 6.00. The SMILES string of the molecule is CC(=O)N1CC=C2[C@H](C#N)C(=N)C(C#N)(C#N)[C@H](C(C)C)[C@@H]2C1. The molecule has 1 fully saturated rings. The lowest BCUT2D eigenvalue weighted by atomic mass is 9.53. The molecule has 2 rings (SSSR count). The van der Waals surface area contributed by atoms with Crippen molar-refractivity contribution in [2.75, 3.05) is 13.1 Å². The number of hydrogen-bond acceptors (Lipinski definition) is 5. The van der Waals surface area contributed by atoms with E-state index < -0.39 is 17.3 Å². The molecule has 0 unspecified atom stereocenters. The zero-order valence-corrected chi connectivity index (χ0v) is 13.5. The Kier molecular flexibility index (Phi) is 4.26. The lowest BCUT2D eigenvalue weighted by Crippen LogP contribution is -2.56. The molecule has 0 bridgehead atoms. The zero-order valence-electron chi connectivity index (χ0n) is 13.5. The molecule has 3 atom stereocenters. The number of rotatable bonds is 1. The van der Waals surface area contributed by atoms with Crippen LogP contribution in [0.4, 0.5) is 0 Å². The lowest BCUT2D eigenvalue weighted by Gasteiger charge is -2.49. The predicted octanol–water partition coefficient (Wildman–Crippen LogP) is 1.87. The van der Waals surface area contributed by atoms with Crippen molar-refractivity contribution in [2.24, 2.45) is 29.1 Å². The molecular weight excluding hydrogens is 290 g/mol. The van der Waals surface area contributed by atoms with Gasteiger partial charge in [0.25, 0.3) is 0 Å². The molecule has 0 saturated heterocycles. The van der Waals surface area contributed by atoms with E-state index in [2.05, 4.69) is 6.07 Å². The van der Waals surface area contributed by atoms with E-state index in [1.54, 1.807) is 4.90 Å². The summed E-state index contributed by atoms with van der Waals surface area (Å²) in [7, 11) is 0. The van der Waals surface area contributed by atoms with Gasteiger partial charge < -0.3 is 10.3 Å². The van der Waals surface area contributed by atoms with Crippen LogP contribution in [-0.2, 0) is 4.79 Å². The van der Waals surface area contributed by atoms with E-state index in [4.69, 9.17) is 5.41 Å².